The molecule has 2 aliphatic rings. The minimum absolute atomic E-state index is 0.000164. The smallest absolute Gasteiger partial charge is 0.254 e. The van der Waals surface area contributed by atoms with E-state index in [1.807, 2.05) is 17.0 Å². The molecule has 1 amide bonds. The molecule has 0 radical (unpaired) electrons. The number of piperidine rings is 1. The van der Waals surface area contributed by atoms with E-state index in [1.165, 1.54) is 0 Å². The van der Waals surface area contributed by atoms with E-state index in [9.17, 15) is 4.79 Å². The Morgan fingerprint density at radius 3 is 2.92 bits per heavy atom. The topological polar surface area (TPSA) is 64.6 Å². The molecule has 130 valence electrons. The van der Waals surface area contributed by atoms with Gasteiger partial charge in [-0.1, -0.05) is 0 Å². The van der Waals surface area contributed by atoms with Crippen LogP contribution in [-0.2, 0) is 4.74 Å². The second-order valence-electron chi connectivity index (χ2n) is 6.69. The van der Waals surface area contributed by atoms with E-state index in [2.05, 4.69) is 9.97 Å². The summed E-state index contributed by atoms with van der Waals surface area (Å²) in [6.07, 6.45) is 9.43. The van der Waals surface area contributed by atoms with Crippen LogP contribution in [0.2, 0.25) is 0 Å². The molecule has 0 saturated carbocycles. The van der Waals surface area contributed by atoms with E-state index in [4.69, 9.17) is 9.47 Å². The van der Waals surface area contributed by atoms with Crippen molar-refractivity contribution >= 4 is 5.91 Å². The first kappa shape index (κ1) is 16.0. The van der Waals surface area contributed by atoms with E-state index in [0.29, 0.717) is 18.7 Å². The average Bonchev–Trinajstić information content (AvgIpc) is 3.04. The van der Waals surface area contributed by atoms with E-state index in [-0.39, 0.29) is 17.6 Å². The maximum absolute atomic E-state index is 12.7. The molecular formula is C19H21N3O3. The fourth-order valence-electron chi connectivity index (χ4n) is 3.72. The van der Waals surface area contributed by atoms with E-state index >= 15 is 0 Å². The Balaban J connectivity index is 1.42. The number of pyridine rings is 2. The Morgan fingerprint density at radius 2 is 2.12 bits per heavy atom. The second-order valence-corrected chi connectivity index (χ2v) is 6.69. The number of hydrogen-bond donors (Lipinski definition) is 0. The number of nitrogens with zero attached hydrogens (tertiary/aromatic N) is 3. The van der Waals surface area contributed by atoms with Crippen molar-refractivity contribution in [1.29, 1.82) is 0 Å². The standard InChI is InChI=1S/C19H21N3O3/c23-18(15-4-8-20-9-5-15)22-10-2-6-19(14-22)11-17(13-24-19)25-16-3-1-7-21-12-16/h1,3-5,7-9,12,17H,2,6,10-11,13-14H2/t17-,19-/m1/s1. The van der Waals surface area contributed by atoms with Crippen LogP contribution < -0.4 is 4.74 Å². The molecule has 2 fully saturated rings. The van der Waals surface area contributed by atoms with Crippen LogP contribution in [0.4, 0.5) is 0 Å². The van der Waals surface area contributed by atoms with Gasteiger partial charge in [0.05, 0.1) is 24.9 Å². The summed E-state index contributed by atoms with van der Waals surface area (Å²) in [6.45, 7) is 1.92. The van der Waals surface area contributed by atoms with Gasteiger partial charge in [0.2, 0.25) is 0 Å². The van der Waals surface area contributed by atoms with Crippen molar-refractivity contribution in [2.24, 2.45) is 0 Å². The van der Waals surface area contributed by atoms with Crippen molar-refractivity contribution in [3.8, 4) is 5.75 Å². The van der Waals surface area contributed by atoms with Crippen LogP contribution in [-0.4, -0.2) is 52.2 Å². The van der Waals surface area contributed by atoms with Crippen LogP contribution in [0.1, 0.15) is 29.6 Å². The van der Waals surface area contributed by atoms with Gasteiger partial charge >= 0.3 is 0 Å². The largest absolute Gasteiger partial charge is 0.486 e. The van der Waals surface area contributed by atoms with Gasteiger partial charge in [-0.25, -0.2) is 0 Å². The van der Waals surface area contributed by atoms with Gasteiger partial charge in [0.1, 0.15) is 11.9 Å². The third kappa shape index (κ3) is 3.49. The highest BCUT2D eigenvalue weighted by Gasteiger charge is 2.45. The molecule has 2 saturated heterocycles. The molecule has 6 heteroatoms. The lowest BCUT2D eigenvalue weighted by atomic mass is 9.89. The van der Waals surface area contributed by atoms with Crippen molar-refractivity contribution in [2.45, 2.75) is 31.0 Å². The van der Waals surface area contributed by atoms with Crippen molar-refractivity contribution < 1.29 is 14.3 Å². The lowest BCUT2D eigenvalue weighted by Crippen LogP contribution is -2.50. The summed E-state index contributed by atoms with van der Waals surface area (Å²) in [5.41, 5.74) is 0.376. The molecule has 2 aromatic rings. The first-order valence-corrected chi connectivity index (χ1v) is 8.64. The summed E-state index contributed by atoms with van der Waals surface area (Å²) in [7, 11) is 0. The van der Waals surface area contributed by atoms with Crippen LogP contribution in [0.5, 0.6) is 5.75 Å². The minimum atomic E-state index is -0.298. The molecule has 6 nitrogen and oxygen atoms in total. The number of rotatable bonds is 3. The molecule has 2 aliphatic heterocycles. The molecule has 0 aliphatic carbocycles. The number of aromatic nitrogens is 2. The fourth-order valence-corrected chi connectivity index (χ4v) is 3.72. The second kappa shape index (κ2) is 6.80. The molecule has 0 aromatic carbocycles. The maximum Gasteiger partial charge on any atom is 0.254 e. The quantitative estimate of drug-likeness (QED) is 0.859. The molecule has 2 atom stereocenters. The maximum atomic E-state index is 12.7. The van der Waals surface area contributed by atoms with Crippen molar-refractivity contribution in [1.82, 2.24) is 14.9 Å². The summed E-state index contributed by atoms with van der Waals surface area (Å²) >= 11 is 0. The van der Waals surface area contributed by atoms with Gasteiger partial charge in [-0.3, -0.25) is 14.8 Å². The average molecular weight is 339 g/mol. The molecule has 1 spiro atoms. The number of amides is 1. The highest BCUT2D eigenvalue weighted by Crippen LogP contribution is 2.36. The monoisotopic (exact) mass is 339 g/mol. The summed E-state index contributed by atoms with van der Waals surface area (Å²) in [5, 5.41) is 0. The van der Waals surface area contributed by atoms with Crippen molar-refractivity contribution in [2.75, 3.05) is 19.7 Å². The number of hydrogen-bond acceptors (Lipinski definition) is 5. The minimum Gasteiger partial charge on any atom is -0.486 e. The zero-order chi connectivity index (χ0) is 17.1. The Kier molecular flexibility index (Phi) is 4.36. The SMILES string of the molecule is O=C(c1ccncc1)N1CCC[C@@]2(C[C@@H](Oc3cccnc3)CO2)C1. The first-order chi connectivity index (χ1) is 12.2. The number of ether oxygens (including phenoxy) is 2. The molecule has 25 heavy (non-hydrogen) atoms. The van der Waals surface area contributed by atoms with E-state index < -0.39 is 0 Å². The third-order valence-electron chi connectivity index (χ3n) is 4.87. The Bertz CT molecular complexity index is 725. The van der Waals surface area contributed by atoms with Crippen LogP contribution in [0.25, 0.3) is 0 Å². The molecular weight excluding hydrogens is 318 g/mol. The van der Waals surface area contributed by atoms with E-state index in [0.717, 1.165) is 31.6 Å². The summed E-state index contributed by atoms with van der Waals surface area (Å²) in [6, 6.07) is 7.27. The lowest BCUT2D eigenvalue weighted by Gasteiger charge is -2.39. The number of carbonyl (C=O) groups is 1. The Labute approximate surface area is 146 Å². The van der Waals surface area contributed by atoms with Gasteiger partial charge in [0, 0.05) is 37.1 Å². The zero-order valence-electron chi connectivity index (χ0n) is 14.0. The summed E-state index contributed by atoms with van der Waals surface area (Å²) in [5.74, 6) is 0.801. The van der Waals surface area contributed by atoms with E-state index in [1.54, 1.807) is 36.9 Å². The normalized spacial score (nSPS) is 25.9. The third-order valence-corrected chi connectivity index (χ3v) is 4.87. The van der Waals surface area contributed by atoms with Gasteiger partial charge in [0.25, 0.3) is 5.91 Å². The Morgan fingerprint density at radius 1 is 1.24 bits per heavy atom. The van der Waals surface area contributed by atoms with Crippen LogP contribution >= 0.6 is 0 Å². The van der Waals surface area contributed by atoms with Gasteiger partial charge in [-0.2, -0.15) is 0 Å². The van der Waals surface area contributed by atoms with Crippen LogP contribution in [0.15, 0.2) is 49.1 Å². The van der Waals surface area contributed by atoms with Gasteiger partial charge in [-0.15, -0.1) is 0 Å². The summed E-state index contributed by atoms with van der Waals surface area (Å²) < 4.78 is 12.1. The predicted octanol–water partition coefficient (Wildman–Crippen LogP) is 2.32. The van der Waals surface area contributed by atoms with Crippen molar-refractivity contribution in [3.63, 3.8) is 0 Å². The molecule has 4 rings (SSSR count). The predicted molar refractivity (Wildman–Crippen MR) is 91.3 cm³/mol. The first-order valence-electron chi connectivity index (χ1n) is 8.64. The molecule has 2 aromatic heterocycles. The highest BCUT2D eigenvalue weighted by molar-refractivity contribution is 5.94. The number of likely N-dealkylation sites (tertiary alicyclic amines) is 1. The molecule has 4 heterocycles. The summed E-state index contributed by atoms with van der Waals surface area (Å²) in [4.78, 5) is 22.7. The molecule has 0 bridgehead atoms. The lowest BCUT2D eigenvalue weighted by molar-refractivity contribution is -0.0453. The van der Waals surface area contributed by atoms with Gasteiger partial charge in [-0.05, 0) is 37.1 Å². The molecule has 0 unspecified atom stereocenters. The van der Waals surface area contributed by atoms with Crippen LogP contribution in [0.3, 0.4) is 0 Å². The van der Waals surface area contributed by atoms with Crippen LogP contribution in [0, 0.1) is 0 Å². The highest BCUT2D eigenvalue weighted by atomic mass is 16.6. The van der Waals surface area contributed by atoms with Gasteiger partial charge in [0.15, 0.2) is 0 Å². The Hall–Kier alpha value is -2.47. The fraction of sp³-hybridized carbons (Fsp3) is 0.421. The van der Waals surface area contributed by atoms with Crippen molar-refractivity contribution in [3.05, 3.63) is 54.6 Å². The number of carbonyl (C=O) groups excluding carboxylic acids is 1. The molecule has 0 N–H and O–H groups in total. The van der Waals surface area contributed by atoms with Gasteiger partial charge < -0.3 is 14.4 Å². The zero-order valence-corrected chi connectivity index (χ0v) is 14.0.